The molecule has 2 atom stereocenters. The molecule has 22 heavy (non-hydrogen) atoms. The van der Waals surface area contributed by atoms with E-state index in [9.17, 15) is 4.79 Å². The molecule has 0 aromatic heterocycles. The second-order valence-corrected chi connectivity index (χ2v) is 7.36. The number of alkyl carbamates (subject to hydrolysis) is 1. The van der Waals surface area contributed by atoms with E-state index in [0.717, 1.165) is 25.0 Å². The van der Waals surface area contributed by atoms with Crippen molar-refractivity contribution in [1.29, 1.82) is 0 Å². The van der Waals surface area contributed by atoms with Crippen molar-refractivity contribution in [2.45, 2.75) is 64.6 Å². The summed E-state index contributed by atoms with van der Waals surface area (Å²) >= 11 is 1.86. The Bertz CT molecular complexity index is 296. The van der Waals surface area contributed by atoms with Gasteiger partial charge in [-0.25, -0.2) is 4.79 Å². The maximum atomic E-state index is 11.6. The number of rotatable bonds is 11. The largest absolute Gasteiger partial charge is 0.444 e. The van der Waals surface area contributed by atoms with E-state index in [1.165, 1.54) is 0 Å². The number of carbonyl (C=O) groups excluding carboxylic acids is 1. The Labute approximate surface area is 140 Å². The van der Waals surface area contributed by atoms with Crippen LogP contribution >= 0.6 is 11.8 Å². The number of hydrogen-bond acceptors (Lipinski definition) is 5. The molecule has 0 aromatic carbocycles. The summed E-state index contributed by atoms with van der Waals surface area (Å²) in [6.45, 7) is 9.10. The second-order valence-electron chi connectivity index (χ2n) is 6.45. The molecule has 0 radical (unpaired) electrons. The SMILES string of the molecule is CCC(CSC)NC(CCCNC(=O)OC(C)(C)C)COC. The van der Waals surface area contributed by atoms with E-state index in [-0.39, 0.29) is 6.09 Å². The minimum absolute atomic E-state index is 0.322. The van der Waals surface area contributed by atoms with Gasteiger partial charge in [0.15, 0.2) is 0 Å². The van der Waals surface area contributed by atoms with Gasteiger partial charge in [-0.2, -0.15) is 11.8 Å². The molecule has 0 saturated carbocycles. The van der Waals surface area contributed by atoms with E-state index in [4.69, 9.17) is 9.47 Å². The van der Waals surface area contributed by atoms with Crippen molar-refractivity contribution >= 4 is 17.9 Å². The molecule has 0 heterocycles. The lowest BCUT2D eigenvalue weighted by atomic mass is 10.1. The Balaban J connectivity index is 4.02. The fourth-order valence-electron chi connectivity index (χ4n) is 2.09. The van der Waals surface area contributed by atoms with Gasteiger partial charge in [0.05, 0.1) is 6.61 Å². The molecule has 0 aromatic rings. The minimum Gasteiger partial charge on any atom is -0.444 e. The Kier molecular flexibility index (Phi) is 11.8. The third-order valence-corrected chi connectivity index (χ3v) is 3.83. The van der Waals surface area contributed by atoms with Gasteiger partial charge in [0.2, 0.25) is 0 Å². The Morgan fingerprint density at radius 2 is 1.95 bits per heavy atom. The first kappa shape index (κ1) is 21.5. The molecule has 0 aliphatic heterocycles. The average molecular weight is 335 g/mol. The highest BCUT2D eigenvalue weighted by Gasteiger charge is 2.16. The molecule has 0 rings (SSSR count). The molecule has 5 nitrogen and oxygen atoms in total. The third kappa shape index (κ3) is 12.1. The van der Waals surface area contributed by atoms with Crippen molar-refractivity contribution in [2.24, 2.45) is 0 Å². The van der Waals surface area contributed by atoms with E-state index in [1.54, 1.807) is 7.11 Å². The lowest BCUT2D eigenvalue weighted by molar-refractivity contribution is 0.0526. The predicted molar refractivity (Wildman–Crippen MR) is 94.7 cm³/mol. The third-order valence-electron chi connectivity index (χ3n) is 3.10. The van der Waals surface area contributed by atoms with Crippen LogP contribution in [0, 0.1) is 0 Å². The van der Waals surface area contributed by atoms with Gasteiger partial charge in [-0.15, -0.1) is 0 Å². The van der Waals surface area contributed by atoms with E-state index >= 15 is 0 Å². The monoisotopic (exact) mass is 334 g/mol. The quantitative estimate of drug-likeness (QED) is 0.569. The van der Waals surface area contributed by atoms with Gasteiger partial charge in [-0.1, -0.05) is 6.92 Å². The van der Waals surface area contributed by atoms with Crippen molar-refractivity contribution in [2.75, 3.05) is 32.3 Å². The lowest BCUT2D eigenvalue weighted by Gasteiger charge is -2.24. The summed E-state index contributed by atoms with van der Waals surface area (Å²) in [5.74, 6) is 1.10. The number of nitrogens with one attached hydrogen (secondary N) is 2. The zero-order valence-electron chi connectivity index (χ0n) is 15.0. The van der Waals surface area contributed by atoms with Crippen molar-refractivity contribution in [3.63, 3.8) is 0 Å². The number of methoxy groups -OCH3 is 1. The predicted octanol–water partition coefficient (Wildman–Crippen LogP) is 3.04. The average Bonchev–Trinajstić information content (AvgIpc) is 2.41. The molecular formula is C16H34N2O3S. The number of carbonyl (C=O) groups is 1. The highest BCUT2D eigenvalue weighted by atomic mass is 32.2. The number of ether oxygens (including phenoxy) is 2. The maximum absolute atomic E-state index is 11.6. The molecule has 0 saturated heterocycles. The van der Waals surface area contributed by atoms with Gasteiger partial charge in [0.25, 0.3) is 0 Å². The van der Waals surface area contributed by atoms with Crippen LogP contribution in [-0.2, 0) is 9.47 Å². The van der Waals surface area contributed by atoms with E-state index < -0.39 is 5.60 Å². The first-order chi connectivity index (χ1) is 10.3. The summed E-state index contributed by atoms with van der Waals surface area (Å²) in [6.07, 6.45) is 4.75. The zero-order valence-corrected chi connectivity index (χ0v) is 15.8. The van der Waals surface area contributed by atoms with Crippen LogP contribution in [0.3, 0.4) is 0 Å². The minimum atomic E-state index is -0.448. The van der Waals surface area contributed by atoms with Gasteiger partial charge in [-0.3, -0.25) is 0 Å². The number of amides is 1. The van der Waals surface area contributed by atoms with Crippen LogP contribution in [0.25, 0.3) is 0 Å². The Morgan fingerprint density at radius 1 is 1.27 bits per heavy atom. The van der Waals surface area contributed by atoms with Crippen LogP contribution in [-0.4, -0.2) is 56.0 Å². The van der Waals surface area contributed by atoms with Crippen LogP contribution in [0.15, 0.2) is 0 Å². The van der Waals surface area contributed by atoms with Crippen LogP contribution in [0.5, 0.6) is 0 Å². The molecule has 0 aliphatic carbocycles. The van der Waals surface area contributed by atoms with Crippen LogP contribution in [0.1, 0.15) is 47.0 Å². The van der Waals surface area contributed by atoms with Crippen molar-refractivity contribution < 1.29 is 14.3 Å². The molecule has 0 spiro atoms. The molecule has 132 valence electrons. The van der Waals surface area contributed by atoms with Gasteiger partial charge >= 0.3 is 6.09 Å². The molecule has 2 unspecified atom stereocenters. The van der Waals surface area contributed by atoms with E-state index in [1.807, 2.05) is 32.5 Å². The summed E-state index contributed by atoms with van der Waals surface area (Å²) in [4.78, 5) is 11.6. The van der Waals surface area contributed by atoms with Crippen LogP contribution < -0.4 is 10.6 Å². The number of hydrogen-bond donors (Lipinski definition) is 2. The first-order valence-electron chi connectivity index (χ1n) is 8.03. The first-order valence-corrected chi connectivity index (χ1v) is 9.42. The van der Waals surface area contributed by atoms with Crippen molar-refractivity contribution in [3.05, 3.63) is 0 Å². The van der Waals surface area contributed by atoms with Crippen LogP contribution in [0.2, 0.25) is 0 Å². The highest BCUT2D eigenvalue weighted by molar-refractivity contribution is 7.98. The van der Waals surface area contributed by atoms with Gasteiger partial charge in [-0.05, 0) is 46.3 Å². The molecule has 1 amide bonds. The zero-order chi connectivity index (χ0) is 17.0. The highest BCUT2D eigenvalue weighted by Crippen LogP contribution is 2.07. The Hall–Kier alpha value is -0.460. The fraction of sp³-hybridized carbons (Fsp3) is 0.938. The van der Waals surface area contributed by atoms with Gasteiger partial charge in [0, 0.05) is 31.5 Å². The smallest absolute Gasteiger partial charge is 0.407 e. The molecule has 0 aliphatic rings. The summed E-state index contributed by atoms with van der Waals surface area (Å²) in [5.41, 5.74) is -0.448. The molecule has 0 bridgehead atoms. The Morgan fingerprint density at radius 3 is 2.45 bits per heavy atom. The standard InChI is InChI=1S/C16H34N2O3S/c1-7-13(12-22-6)18-14(11-20-5)9-8-10-17-15(19)21-16(2,3)4/h13-14,18H,7-12H2,1-6H3,(H,17,19). The summed E-state index contributed by atoms with van der Waals surface area (Å²) < 4.78 is 10.5. The molecular weight excluding hydrogens is 300 g/mol. The molecule has 2 N–H and O–H groups in total. The lowest BCUT2D eigenvalue weighted by Crippen LogP contribution is -2.42. The fourth-order valence-corrected chi connectivity index (χ4v) is 2.82. The topological polar surface area (TPSA) is 59.6 Å². The molecule has 0 fully saturated rings. The van der Waals surface area contributed by atoms with Gasteiger partial charge in [0.1, 0.15) is 5.60 Å². The van der Waals surface area contributed by atoms with E-state index in [0.29, 0.717) is 25.2 Å². The van der Waals surface area contributed by atoms with Crippen molar-refractivity contribution in [1.82, 2.24) is 10.6 Å². The second kappa shape index (κ2) is 12.0. The summed E-state index contributed by atoms with van der Waals surface area (Å²) in [6, 6.07) is 0.830. The normalized spacial score (nSPS) is 14.5. The van der Waals surface area contributed by atoms with Gasteiger partial charge < -0.3 is 20.1 Å². The van der Waals surface area contributed by atoms with Crippen LogP contribution in [0.4, 0.5) is 4.79 Å². The number of thioether (sulfide) groups is 1. The van der Waals surface area contributed by atoms with E-state index in [2.05, 4.69) is 23.8 Å². The van der Waals surface area contributed by atoms with Crippen molar-refractivity contribution in [3.8, 4) is 0 Å². The summed E-state index contributed by atoms with van der Waals surface area (Å²) in [5, 5.41) is 6.44. The maximum Gasteiger partial charge on any atom is 0.407 e. The summed E-state index contributed by atoms with van der Waals surface area (Å²) in [7, 11) is 1.73. The molecule has 6 heteroatoms.